The third-order valence-electron chi connectivity index (χ3n) is 8.55. The van der Waals surface area contributed by atoms with Crippen LogP contribution in [0.15, 0.2) is 0 Å². The summed E-state index contributed by atoms with van der Waals surface area (Å²) in [4.78, 5) is 67.3. The maximum absolute atomic E-state index is 14.2. The normalized spacial score (nSPS) is 25.3. The summed E-state index contributed by atoms with van der Waals surface area (Å²) in [7, 11) is 0. The van der Waals surface area contributed by atoms with Gasteiger partial charge in [-0.15, -0.1) is 0 Å². The van der Waals surface area contributed by atoms with E-state index >= 15 is 0 Å². The van der Waals surface area contributed by atoms with Crippen LogP contribution in [0.25, 0.3) is 0 Å². The van der Waals surface area contributed by atoms with Crippen LogP contribution in [0.2, 0.25) is 0 Å². The van der Waals surface area contributed by atoms with Crippen LogP contribution < -0.4 is 21.7 Å². The summed E-state index contributed by atoms with van der Waals surface area (Å²) in [6, 6.07) is -2.82. The quantitative estimate of drug-likeness (QED) is 0.364. The zero-order valence-electron chi connectivity index (χ0n) is 26.1. The van der Waals surface area contributed by atoms with Crippen LogP contribution in [0.3, 0.4) is 0 Å². The summed E-state index contributed by atoms with van der Waals surface area (Å²) < 4.78 is 5.44. The van der Waals surface area contributed by atoms with Gasteiger partial charge in [0.05, 0.1) is 0 Å². The fourth-order valence-electron chi connectivity index (χ4n) is 6.61. The molecule has 2 unspecified atom stereocenters. The highest BCUT2D eigenvalue weighted by Gasteiger charge is 2.52. The molecule has 232 valence electrons. The number of rotatable bonds is 7. The highest BCUT2D eigenvalue weighted by molar-refractivity contribution is 5.95. The minimum absolute atomic E-state index is 0.0902. The topological polar surface area (TPSA) is 160 Å². The van der Waals surface area contributed by atoms with E-state index in [1.165, 1.54) is 0 Å². The molecule has 0 radical (unpaired) electrons. The van der Waals surface area contributed by atoms with Crippen molar-refractivity contribution in [2.45, 2.75) is 136 Å². The summed E-state index contributed by atoms with van der Waals surface area (Å²) in [6.07, 6.45) is 5.33. The van der Waals surface area contributed by atoms with E-state index in [-0.39, 0.29) is 23.7 Å². The molecule has 1 spiro atoms. The van der Waals surface area contributed by atoms with Gasteiger partial charge in [0, 0.05) is 18.0 Å². The molecule has 3 fully saturated rings. The van der Waals surface area contributed by atoms with Gasteiger partial charge in [-0.1, -0.05) is 40.0 Å². The standard InChI is InChI=1S/C30H51N5O6/c1-27(2,3)21(33-26(40)41-28(4,5)6)25(39)35-17-30(12-10-9-11-13-30)16-20(35)24(38)32-19(22(31)36)14-18-15-29(7,8)34-23(18)37/h18-21H,9-17H2,1-8H3,(H2,31,36)(H,32,38)(H,33,40)(H,34,37)/t18-,19?,20+,21?/m1/s1. The zero-order valence-corrected chi connectivity index (χ0v) is 26.1. The number of hydrogen-bond acceptors (Lipinski definition) is 6. The minimum atomic E-state index is -1.05. The van der Waals surface area contributed by atoms with Crippen molar-refractivity contribution in [3.8, 4) is 0 Å². The third-order valence-corrected chi connectivity index (χ3v) is 8.55. The number of ether oxygens (including phenoxy) is 1. The van der Waals surface area contributed by atoms with E-state index in [9.17, 15) is 24.0 Å². The molecule has 0 aromatic carbocycles. The van der Waals surface area contributed by atoms with Crippen molar-refractivity contribution in [3.63, 3.8) is 0 Å². The van der Waals surface area contributed by atoms with Crippen LogP contribution in [0.1, 0.15) is 107 Å². The van der Waals surface area contributed by atoms with Crippen molar-refractivity contribution in [1.29, 1.82) is 0 Å². The number of nitrogens with two attached hydrogens (primary N) is 1. The molecule has 41 heavy (non-hydrogen) atoms. The Bertz CT molecular complexity index is 1040. The predicted molar refractivity (Wildman–Crippen MR) is 154 cm³/mol. The Balaban J connectivity index is 1.85. The maximum Gasteiger partial charge on any atom is 0.408 e. The molecular weight excluding hydrogens is 526 g/mol. The van der Waals surface area contributed by atoms with Crippen LogP contribution in [0.5, 0.6) is 0 Å². The minimum Gasteiger partial charge on any atom is -0.444 e. The van der Waals surface area contributed by atoms with Crippen molar-refractivity contribution in [2.24, 2.45) is 22.5 Å². The maximum atomic E-state index is 14.2. The lowest BCUT2D eigenvalue weighted by molar-refractivity contribution is -0.142. The number of nitrogens with one attached hydrogen (secondary N) is 3. The van der Waals surface area contributed by atoms with Gasteiger partial charge in [0.15, 0.2) is 0 Å². The summed E-state index contributed by atoms with van der Waals surface area (Å²) >= 11 is 0. The lowest BCUT2D eigenvalue weighted by atomic mass is 9.72. The second-order valence-corrected chi connectivity index (χ2v) is 15.2. The largest absolute Gasteiger partial charge is 0.444 e. The van der Waals surface area contributed by atoms with E-state index < -0.39 is 58.5 Å². The van der Waals surface area contributed by atoms with Crippen molar-refractivity contribution in [2.75, 3.05) is 6.54 Å². The van der Waals surface area contributed by atoms with Crippen LogP contribution in [-0.4, -0.2) is 70.4 Å². The molecule has 1 saturated carbocycles. The van der Waals surface area contributed by atoms with Gasteiger partial charge >= 0.3 is 6.09 Å². The molecule has 2 aliphatic heterocycles. The van der Waals surface area contributed by atoms with Crippen molar-refractivity contribution in [1.82, 2.24) is 20.9 Å². The molecule has 5 N–H and O–H groups in total. The number of amides is 5. The van der Waals surface area contributed by atoms with Gasteiger partial charge < -0.3 is 31.3 Å². The van der Waals surface area contributed by atoms with Crippen LogP contribution in [-0.2, 0) is 23.9 Å². The first-order valence-corrected chi connectivity index (χ1v) is 14.9. The number of carbonyl (C=O) groups is 5. The summed E-state index contributed by atoms with van der Waals surface area (Å²) in [6.45, 7) is 15.0. The van der Waals surface area contributed by atoms with Crippen LogP contribution >= 0.6 is 0 Å². The highest BCUT2D eigenvalue weighted by Crippen LogP contribution is 2.47. The molecule has 11 nitrogen and oxygen atoms in total. The van der Waals surface area contributed by atoms with Gasteiger partial charge in [-0.05, 0) is 77.6 Å². The smallest absolute Gasteiger partial charge is 0.408 e. The summed E-state index contributed by atoms with van der Waals surface area (Å²) in [5.74, 6) is -2.18. The van der Waals surface area contributed by atoms with Gasteiger partial charge in [0.2, 0.25) is 23.6 Å². The molecule has 2 saturated heterocycles. The Morgan fingerprint density at radius 3 is 2.12 bits per heavy atom. The van der Waals surface area contributed by atoms with Gasteiger partial charge in [-0.3, -0.25) is 19.2 Å². The molecular formula is C30H51N5O6. The Labute approximate surface area is 244 Å². The Morgan fingerprint density at radius 2 is 1.63 bits per heavy atom. The highest BCUT2D eigenvalue weighted by atomic mass is 16.6. The Kier molecular flexibility index (Phi) is 9.40. The van der Waals surface area contributed by atoms with E-state index in [4.69, 9.17) is 10.5 Å². The number of primary amides is 1. The van der Waals surface area contributed by atoms with E-state index in [1.54, 1.807) is 25.7 Å². The first-order valence-electron chi connectivity index (χ1n) is 14.9. The lowest BCUT2D eigenvalue weighted by Crippen LogP contribution is -2.59. The average Bonchev–Trinajstić information content (AvgIpc) is 3.30. The van der Waals surface area contributed by atoms with E-state index in [1.807, 2.05) is 34.6 Å². The SMILES string of the molecule is CC1(C)C[C@@H](CC(NC(=O)[C@@H]2CC3(CCCCC3)CN2C(=O)C(NC(=O)OC(C)(C)C)C(C)(C)C)C(N)=O)C(=O)N1. The average molecular weight is 578 g/mol. The molecule has 0 bridgehead atoms. The third kappa shape index (κ3) is 8.35. The number of nitrogens with zero attached hydrogens (tertiary/aromatic N) is 1. The van der Waals surface area contributed by atoms with E-state index in [0.29, 0.717) is 19.4 Å². The van der Waals surface area contributed by atoms with E-state index in [2.05, 4.69) is 16.0 Å². The van der Waals surface area contributed by atoms with Crippen LogP contribution in [0.4, 0.5) is 4.79 Å². The van der Waals surface area contributed by atoms with Crippen molar-refractivity contribution < 1.29 is 28.7 Å². The van der Waals surface area contributed by atoms with Crippen molar-refractivity contribution in [3.05, 3.63) is 0 Å². The summed E-state index contributed by atoms with van der Waals surface area (Å²) in [5.41, 5.74) is 3.66. The fraction of sp³-hybridized carbons (Fsp3) is 0.833. The van der Waals surface area contributed by atoms with Crippen molar-refractivity contribution >= 4 is 29.7 Å². The lowest BCUT2D eigenvalue weighted by Gasteiger charge is -2.37. The Hall–Kier alpha value is -2.85. The molecule has 0 aromatic rings. The molecule has 3 aliphatic rings. The van der Waals surface area contributed by atoms with Gasteiger partial charge in [0.25, 0.3) is 0 Å². The monoisotopic (exact) mass is 577 g/mol. The summed E-state index contributed by atoms with van der Waals surface area (Å²) in [5, 5.41) is 8.46. The first kappa shape index (κ1) is 32.7. The first-order chi connectivity index (χ1) is 18.7. The zero-order chi connectivity index (χ0) is 31.0. The fourth-order valence-corrected chi connectivity index (χ4v) is 6.61. The molecule has 3 rings (SSSR count). The van der Waals surface area contributed by atoms with Gasteiger partial charge in [-0.2, -0.15) is 0 Å². The second-order valence-electron chi connectivity index (χ2n) is 15.2. The van der Waals surface area contributed by atoms with Crippen LogP contribution in [0, 0.1) is 16.7 Å². The predicted octanol–water partition coefficient (Wildman–Crippen LogP) is 2.75. The van der Waals surface area contributed by atoms with Gasteiger partial charge in [-0.25, -0.2) is 4.79 Å². The molecule has 11 heteroatoms. The molecule has 0 aromatic heterocycles. The second kappa shape index (κ2) is 11.8. The number of hydrogen-bond donors (Lipinski definition) is 4. The molecule has 5 amide bonds. The number of likely N-dealkylation sites (tertiary alicyclic amines) is 1. The number of carbonyl (C=O) groups excluding carboxylic acids is 5. The van der Waals surface area contributed by atoms with E-state index in [0.717, 1.165) is 32.1 Å². The number of alkyl carbamates (subject to hydrolysis) is 1. The molecule has 2 heterocycles. The van der Waals surface area contributed by atoms with Gasteiger partial charge in [0.1, 0.15) is 23.7 Å². The molecule has 1 aliphatic carbocycles. The molecule has 4 atom stereocenters. The Morgan fingerprint density at radius 1 is 1.02 bits per heavy atom.